The lowest BCUT2D eigenvalue weighted by Crippen LogP contribution is -2.52. The molecule has 2 unspecified atom stereocenters. The minimum Gasteiger partial charge on any atom is -0.459 e. The standard InChI is InChI=1S/C27H35F3O5/c1-32-26(27(28,29)30,22-15-7-5-8-16-22)25(31)35-23-17-12-14-21(23)13-6-3-2-4-10-19-33-24-18-9-11-20-34-24/h2-3,5,7-8,12,14-16,21,23-24H,4,6,9-11,13,17-20H2,1H3/t21-,23-,24?,26?/m0/s1. The average molecular weight is 497 g/mol. The fourth-order valence-electron chi connectivity index (χ4n) is 4.49. The molecule has 1 aromatic carbocycles. The second kappa shape index (κ2) is 13.2. The molecule has 3 rings (SSSR count). The summed E-state index contributed by atoms with van der Waals surface area (Å²) in [6.07, 6.45) is 8.97. The van der Waals surface area contributed by atoms with E-state index in [-0.39, 0.29) is 17.8 Å². The number of esters is 1. The third kappa shape index (κ3) is 7.18. The van der Waals surface area contributed by atoms with E-state index in [0.29, 0.717) is 19.4 Å². The molecule has 8 heteroatoms. The number of hydrogen-bond acceptors (Lipinski definition) is 5. The van der Waals surface area contributed by atoms with Crippen LogP contribution in [0.5, 0.6) is 0 Å². The van der Waals surface area contributed by atoms with Crippen LogP contribution in [-0.2, 0) is 29.3 Å². The zero-order valence-corrected chi connectivity index (χ0v) is 20.2. The molecular weight excluding hydrogens is 461 g/mol. The van der Waals surface area contributed by atoms with Crippen LogP contribution in [0.3, 0.4) is 0 Å². The molecule has 1 heterocycles. The van der Waals surface area contributed by atoms with Gasteiger partial charge in [0.15, 0.2) is 6.29 Å². The molecular formula is C27H35F3O5. The topological polar surface area (TPSA) is 54.0 Å². The van der Waals surface area contributed by atoms with Gasteiger partial charge in [-0.05, 0) is 44.9 Å². The third-order valence-electron chi connectivity index (χ3n) is 6.45. The van der Waals surface area contributed by atoms with E-state index in [1.807, 2.05) is 12.2 Å². The lowest BCUT2D eigenvalue weighted by molar-refractivity contribution is -0.278. The van der Waals surface area contributed by atoms with Crippen molar-refractivity contribution in [3.8, 4) is 0 Å². The van der Waals surface area contributed by atoms with Gasteiger partial charge in [-0.2, -0.15) is 13.2 Å². The van der Waals surface area contributed by atoms with Crippen molar-refractivity contribution in [2.75, 3.05) is 20.3 Å². The minimum absolute atomic E-state index is 0.0717. The molecule has 5 nitrogen and oxygen atoms in total. The van der Waals surface area contributed by atoms with Crippen LogP contribution in [0.1, 0.15) is 56.9 Å². The third-order valence-corrected chi connectivity index (χ3v) is 6.45. The summed E-state index contributed by atoms with van der Waals surface area (Å²) in [6, 6.07) is 6.89. The molecule has 0 bridgehead atoms. The summed E-state index contributed by atoms with van der Waals surface area (Å²) in [5.74, 6) is -1.58. The van der Waals surface area contributed by atoms with Gasteiger partial charge in [-0.1, -0.05) is 54.6 Å². The van der Waals surface area contributed by atoms with Crippen molar-refractivity contribution in [2.24, 2.45) is 5.92 Å². The molecule has 2 aliphatic rings. The first-order chi connectivity index (χ1) is 16.9. The van der Waals surface area contributed by atoms with Crippen molar-refractivity contribution < 1.29 is 36.9 Å². The summed E-state index contributed by atoms with van der Waals surface area (Å²) in [5, 5.41) is 0. The maximum Gasteiger partial charge on any atom is 0.432 e. The van der Waals surface area contributed by atoms with E-state index in [9.17, 15) is 18.0 Å². The van der Waals surface area contributed by atoms with Gasteiger partial charge in [0.25, 0.3) is 5.60 Å². The lowest BCUT2D eigenvalue weighted by Gasteiger charge is -2.34. The zero-order chi connectivity index (χ0) is 25.2. The van der Waals surface area contributed by atoms with Gasteiger partial charge >= 0.3 is 12.1 Å². The summed E-state index contributed by atoms with van der Waals surface area (Å²) < 4.78 is 63.8. The highest BCUT2D eigenvalue weighted by atomic mass is 19.4. The van der Waals surface area contributed by atoms with Gasteiger partial charge in [0.1, 0.15) is 6.10 Å². The van der Waals surface area contributed by atoms with E-state index < -0.39 is 23.9 Å². The van der Waals surface area contributed by atoms with E-state index in [2.05, 4.69) is 12.2 Å². The Morgan fingerprint density at radius 2 is 1.91 bits per heavy atom. The highest BCUT2D eigenvalue weighted by Gasteiger charge is 2.64. The van der Waals surface area contributed by atoms with Crippen molar-refractivity contribution in [3.05, 3.63) is 60.2 Å². The summed E-state index contributed by atoms with van der Waals surface area (Å²) in [4.78, 5) is 12.9. The van der Waals surface area contributed by atoms with Crippen molar-refractivity contribution in [1.82, 2.24) is 0 Å². The quantitative estimate of drug-likeness (QED) is 0.195. The Morgan fingerprint density at radius 1 is 1.14 bits per heavy atom. The van der Waals surface area contributed by atoms with Gasteiger partial charge in [-0.15, -0.1) is 0 Å². The average Bonchev–Trinajstić information content (AvgIpc) is 3.28. The van der Waals surface area contributed by atoms with Crippen LogP contribution >= 0.6 is 0 Å². The van der Waals surface area contributed by atoms with Crippen molar-refractivity contribution in [2.45, 2.75) is 75.5 Å². The smallest absolute Gasteiger partial charge is 0.432 e. The van der Waals surface area contributed by atoms with Gasteiger partial charge in [-0.3, -0.25) is 0 Å². The second-order valence-corrected chi connectivity index (χ2v) is 8.88. The maximum absolute atomic E-state index is 14.1. The number of methoxy groups -OCH3 is 1. The Bertz CT molecular complexity index is 833. The van der Waals surface area contributed by atoms with Gasteiger partial charge in [-0.25, -0.2) is 4.79 Å². The van der Waals surface area contributed by atoms with Gasteiger partial charge in [0, 0.05) is 31.6 Å². The summed E-state index contributed by atoms with van der Waals surface area (Å²) in [7, 11) is 0.879. The van der Waals surface area contributed by atoms with E-state index >= 15 is 0 Å². The Labute approximate surface area is 205 Å². The molecule has 1 saturated heterocycles. The summed E-state index contributed by atoms with van der Waals surface area (Å²) in [6.45, 7) is 1.42. The minimum atomic E-state index is -4.97. The zero-order valence-electron chi connectivity index (χ0n) is 20.2. The van der Waals surface area contributed by atoms with Crippen LogP contribution < -0.4 is 0 Å². The molecule has 1 fully saturated rings. The normalized spacial score (nSPS) is 24.5. The van der Waals surface area contributed by atoms with Crippen LogP contribution in [0.25, 0.3) is 0 Å². The monoisotopic (exact) mass is 496 g/mol. The van der Waals surface area contributed by atoms with Gasteiger partial charge < -0.3 is 18.9 Å². The molecule has 1 aliphatic carbocycles. The number of carbonyl (C=O) groups is 1. The predicted molar refractivity (Wildman–Crippen MR) is 125 cm³/mol. The fraction of sp³-hybridized carbons (Fsp3) is 0.593. The number of allylic oxidation sites excluding steroid dienone is 2. The highest BCUT2D eigenvalue weighted by Crippen LogP contribution is 2.44. The first-order valence-corrected chi connectivity index (χ1v) is 12.3. The van der Waals surface area contributed by atoms with E-state index in [4.69, 9.17) is 18.9 Å². The van der Waals surface area contributed by atoms with Crippen LogP contribution in [0, 0.1) is 5.92 Å². The summed E-state index contributed by atoms with van der Waals surface area (Å²) in [5.41, 5.74) is -3.46. The number of halogens is 3. The number of ether oxygens (including phenoxy) is 4. The molecule has 1 aromatic rings. The molecule has 0 saturated carbocycles. The number of benzene rings is 1. The Morgan fingerprint density at radius 3 is 2.60 bits per heavy atom. The number of hydrogen-bond donors (Lipinski definition) is 0. The van der Waals surface area contributed by atoms with Gasteiger partial charge in [0.2, 0.25) is 0 Å². The van der Waals surface area contributed by atoms with E-state index in [1.165, 1.54) is 24.3 Å². The lowest BCUT2D eigenvalue weighted by atomic mass is 9.92. The molecule has 1 aliphatic heterocycles. The second-order valence-electron chi connectivity index (χ2n) is 8.88. The largest absolute Gasteiger partial charge is 0.459 e. The Balaban J connectivity index is 1.46. The molecule has 0 spiro atoms. The molecule has 0 radical (unpaired) electrons. The molecule has 4 atom stereocenters. The number of rotatable bonds is 12. The van der Waals surface area contributed by atoms with Crippen molar-refractivity contribution in [1.29, 1.82) is 0 Å². The predicted octanol–water partition coefficient (Wildman–Crippen LogP) is 6.24. The number of carbonyl (C=O) groups excluding carboxylic acids is 1. The maximum atomic E-state index is 14.1. The van der Waals surface area contributed by atoms with E-state index in [0.717, 1.165) is 52.2 Å². The molecule has 0 aromatic heterocycles. The Hall–Kier alpha value is -2.16. The first kappa shape index (κ1) is 27.4. The van der Waals surface area contributed by atoms with Crippen molar-refractivity contribution >= 4 is 5.97 Å². The van der Waals surface area contributed by atoms with Crippen LogP contribution in [0.2, 0.25) is 0 Å². The van der Waals surface area contributed by atoms with E-state index in [1.54, 1.807) is 6.07 Å². The summed E-state index contributed by atoms with van der Waals surface area (Å²) >= 11 is 0. The van der Waals surface area contributed by atoms with Crippen LogP contribution in [0.15, 0.2) is 54.6 Å². The van der Waals surface area contributed by atoms with Gasteiger partial charge in [0.05, 0.1) is 6.61 Å². The molecule has 35 heavy (non-hydrogen) atoms. The first-order valence-electron chi connectivity index (χ1n) is 12.3. The highest BCUT2D eigenvalue weighted by molar-refractivity contribution is 5.83. The van der Waals surface area contributed by atoms with Crippen LogP contribution in [-0.4, -0.2) is 44.9 Å². The Kier molecular flexibility index (Phi) is 10.4. The molecule has 0 amide bonds. The molecule has 0 N–H and O–H groups in total. The SMILES string of the molecule is COC(C(=O)O[C@H]1CC=C[C@@H]1CCC=CCCCOC1CCCCO1)(c1ccccc1)C(F)(F)F. The number of alkyl halides is 3. The fourth-order valence-corrected chi connectivity index (χ4v) is 4.49. The van der Waals surface area contributed by atoms with Crippen molar-refractivity contribution in [3.63, 3.8) is 0 Å². The number of unbranched alkanes of at least 4 members (excludes halogenated alkanes) is 1. The molecule has 194 valence electrons. The van der Waals surface area contributed by atoms with Crippen LogP contribution in [0.4, 0.5) is 13.2 Å².